The predicted octanol–water partition coefficient (Wildman–Crippen LogP) is 1.65. The van der Waals surface area contributed by atoms with Crippen molar-refractivity contribution in [2.75, 3.05) is 5.32 Å². The number of rotatable bonds is 4. The standard InChI is InChI=1S/C15H12ClN5O3S/c1-8-19-20-14(25-8)18-12(22)10-6-17-15(24)21(13(10)23)7-9-4-2-3-5-11(9)16/h2-6H,7H2,1H3,(H,17,24)(H,18,20,22). The van der Waals surface area contributed by atoms with E-state index >= 15 is 0 Å². The van der Waals surface area contributed by atoms with Crippen molar-refractivity contribution in [3.63, 3.8) is 0 Å². The Morgan fingerprint density at radius 3 is 2.76 bits per heavy atom. The van der Waals surface area contributed by atoms with Crippen LogP contribution in [0.4, 0.5) is 5.13 Å². The molecule has 3 rings (SSSR count). The van der Waals surface area contributed by atoms with Gasteiger partial charge in [-0.05, 0) is 18.6 Å². The summed E-state index contributed by atoms with van der Waals surface area (Å²) in [6.45, 7) is 1.69. The van der Waals surface area contributed by atoms with Gasteiger partial charge in [-0.15, -0.1) is 10.2 Å². The van der Waals surface area contributed by atoms with E-state index in [1.807, 2.05) is 0 Å². The van der Waals surface area contributed by atoms with E-state index in [0.29, 0.717) is 15.6 Å². The molecule has 0 saturated heterocycles. The average molecular weight is 378 g/mol. The number of benzene rings is 1. The lowest BCUT2D eigenvalue weighted by atomic mass is 10.2. The molecule has 0 unspecified atom stereocenters. The molecule has 1 aromatic carbocycles. The zero-order valence-corrected chi connectivity index (χ0v) is 14.5. The highest BCUT2D eigenvalue weighted by molar-refractivity contribution is 7.15. The minimum atomic E-state index is -0.720. The van der Waals surface area contributed by atoms with Gasteiger partial charge in [0.25, 0.3) is 11.5 Å². The Morgan fingerprint density at radius 1 is 1.32 bits per heavy atom. The minimum Gasteiger partial charge on any atom is -0.313 e. The van der Waals surface area contributed by atoms with Gasteiger partial charge in [0.2, 0.25) is 5.13 Å². The zero-order chi connectivity index (χ0) is 18.0. The summed E-state index contributed by atoms with van der Waals surface area (Å²) in [7, 11) is 0. The molecule has 0 aliphatic rings. The smallest absolute Gasteiger partial charge is 0.313 e. The Labute approximate surface area is 150 Å². The molecule has 0 aliphatic heterocycles. The first-order valence-corrected chi connectivity index (χ1v) is 8.32. The van der Waals surface area contributed by atoms with Crippen LogP contribution in [0, 0.1) is 6.92 Å². The molecule has 0 bridgehead atoms. The Bertz CT molecular complexity index is 1060. The van der Waals surface area contributed by atoms with E-state index < -0.39 is 17.2 Å². The maximum Gasteiger partial charge on any atom is 0.328 e. The number of hydrogen-bond acceptors (Lipinski definition) is 6. The lowest BCUT2D eigenvalue weighted by Crippen LogP contribution is -2.39. The largest absolute Gasteiger partial charge is 0.328 e. The highest BCUT2D eigenvalue weighted by atomic mass is 35.5. The van der Waals surface area contributed by atoms with E-state index in [0.717, 1.165) is 10.8 Å². The molecule has 0 aliphatic carbocycles. The van der Waals surface area contributed by atoms with Gasteiger partial charge in [-0.1, -0.05) is 41.1 Å². The van der Waals surface area contributed by atoms with Crippen LogP contribution in [-0.2, 0) is 6.54 Å². The summed E-state index contributed by atoms with van der Waals surface area (Å²) in [5, 5.41) is 11.4. The van der Waals surface area contributed by atoms with Gasteiger partial charge in [0.15, 0.2) is 0 Å². The van der Waals surface area contributed by atoms with Crippen LogP contribution in [0.1, 0.15) is 20.9 Å². The topological polar surface area (TPSA) is 110 Å². The normalized spacial score (nSPS) is 10.6. The molecule has 2 N–H and O–H groups in total. The Morgan fingerprint density at radius 2 is 2.08 bits per heavy atom. The summed E-state index contributed by atoms with van der Waals surface area (Å²) in [5.74, 6) is -0.676. The number of carbonyl (C=O) groups excluding carboxylic acids is 1. The summed E-state index contributed by atoms with van der Waals surface area (Å²) in [6.07, 6.45) is 1.08. The fourth-order valence-electron chi connectivity index (χ4n) is 2.13. The van der Waals surface area contributed by atoms with Gasteiger partial charge in [0.05, 0.1) is 6.54 Å². The Balaban J connectivity index is 1.94. The number of aromatic nitrogens is 4. The van der Waals surface area contributed by atoms with Crippen molar-refractivity contribution in [2.24, 2.45) is 0 Å². The maximum atomic E-state index is 12.5. The lowest BCUT2D eigenvalue weighted by molar-refractivity contribution is 0.102. The third-order valence-corrected chi connectivity index (χ3v) is 4.46. The minimum absolute atomic E-state index is 0.0487. The third kappa shape index (κ3) is 3.67. The number of H-pyrrole nitrogens is 1. The third-order valence-electron chi connectivity index (χ3n) is 3.34. The van der Waals surface area contributed by atoms with E-state index in [9.17, 15) is 14.4 Å². The quantitative estimate of drug-likeness (QED) is 0.718. The van der Waals surface area contributed by atoms with Crippen molar-refractivity contribution in [2.45, 2.75) is 13.5 Å². The molecule has 1 amide bonds. The van der Waals surface area contributed by atoms with Crippen LogP contribution in [0.3, 0.4) is 0 Å². The van der Waals surface area contributed by atoms with Gasteiger partial charge < -0.3 is 4.98 Å². The molecule has 0 radical (unpaired) electrons. The molecule has 8 nitrogen and oxygen atoms in total. The fraction of sp³-hybridized carbons (Fsp3) is 0.133. The summed E-state index contributed by atoms with van der Waals surface area (Å²) in [5.41, 5.74) is -0.968. The number of halogens is 1. The first-order chi connectivity index (χ1) is 12.0. The van der Waals surface area contributed by atoms with E-state index in [1.165, 1.54) is 11.3 Å². The molecule has 3 aromatic rings. The van der Waals surface area contributed by atoms with Crippen molar-refractivity contribution in [3.8, 4) is 0 Å². The van der Waals surface area contributed by atoms with Crippen molar-refractivity contribution >= 4 is 34.0 Å². The van der Waals surface area contributed by atoms with Crippen LogP contribution in [0.25, 0.3) is 0 Å². The molecule has 25 heavy (non-hydrogen) atoms. The van der Waals surface area contributed by atoms with Crippen LogP contribution < -0.4 is 16.6 Å². The second-order valence-electron chi connectivity index (χ2n) is 5.07. The molecular formula is C15H12ClN5O3S. The zero-order valence-electron chi connectivity index (χ0n) is 12.9. The number of nitrogens with one attached hydrogen (secondary N) is 2. The number of amides is 1. The van der Waals surface area contributed by atoms with Crippen LogP contribution in [-0.4, -0.2) is 25.7 Å². The van der Waals surface area contributed by atoms with E-state index in [1.54, 1.807) is 31.2 Å². The van der Waals surface area contributed by atoms with Crippen LogP contribution in [0.15, 0.2) is 40.1 Å². The van der Waals surface area contributed by atoms with Crippen molar-refractivity contribution in [3.05, 3.63) is 72.5 Å². The SMILES string of the molecule is Cc1nnc(NC(=O)c2c[nH]c(=O)n(Cc3ccccc3Cl)c2=O)s1. The molecule has 0 spiro atoms. The maximum absolute atomic E-state index is 12.5. The molecule has 10 heteroatoms. The Hall–Kier alpha value is -2.78. The predicted molar refractivity (Wildman–Crippen MR) is 94.5 cm³/mol. The van der Waals surface area contributed by atoms with E-state index in [2.05, 4.69) is 20.5 Å². The number of aromatic amines is 1. The van der Waals surface area contributed by atoms with Crippen molar-refractivity contribution in [1.29, 1.82) is 0 Å². The molecule has 2 aromatic heterocycles. The van der Waals surface area contributed by atoms with Gasteiger partial charge in [-0.2, -0.15) is 0 Å². The number of anilines is 1. The number of aryl methyl sites for hydroxylation is 1. The molecule has 128 valence electrons. The van der Waals surface area contributed by atoms with Crippen LogP contribution in [0.5, 0.6) is 0 Å². The molecule has 0 atom stereocenters. The second-order valence-corrected chi connectivity index (χ2v) is 6.66. The lowest BCUT2D eigenvalue weighted by Gasteiger charge is -2.08. The number of carbonyl (C=O) groups is 1. The second kappa shape index (κ2) is 6.99. The van der Waals surface area contributed by atoms with Crippen molar-refractivity contribution < 1.29 is 4.79 Å². The highest BCUT2D eigenvalue weighted by Crippen LogP contribution is 2.15. The highest BCUT2D eigenvalue weighted by Gasteiger charge is 2.17. The summed E-state index contributed by atoms with van der Waals surface area (Å²) in [6, 6.07) is 6.84. The Kier molecular flexibility index (Phi) is 4.77. The average Bonchev–Trinajstić information content (AvgIpc) is 2.98. The van der Waals surface area contributed by atoms with E-state index in [4.69, 9.17) is 11.6 Å². The molecule has 2 heterocycles. The summed E-state index contributed by atoms with van der Waals surface area (Å²) in [4.78, 5) is 39.2. The number of nitrogens with zero attached hydrogens (tertiary/aromatic N) is 3. The molecule has 0 fully saturated rings. The fourth-order valence-corrected chi connectivity index (χ4v) is 2.91. The first kappa shape index (κ1) is 17.1. The van der Waals surface area contributed by atoms with Crippen LogP contribution >= 0.6 is 22.9 Å². The monoisotopic (exact) mass is 377 g/mol. The first-order valence-electron chi connectivity index (χ1n) is 7.13. The number of hydrogen-bond donors (Lipinski definition) is 2. The molecular weight excluding hydrogens is 366 g/mol. The van der Waals surface area contributed by atoms with Gasteiger partial charge in [0, 0.05) is 11.2 Å². The van der Waals surface area contributed by atoms with Gasteiger partial charge in [-0.3, -0.25) is 19.5 Å². The van der Waals surface area contributed by atoms with Gasteiger partial charge in [-0.25, -0.2) is 4.79 Å². The van der Waals surface area contributed by atoms with Gasteiger partial charge >= 0.3 is 5.69 Å². The van der Waals surface area contributed by atoms with Gasteiger partial charge in [0.1, 0.15) is 10.6 Å². The summed E-state index contributed by atoms with van der Waals surface area (Å²) >= 11 is 7.25. The van der Waals surface area contributed by atoms with Crippen molar-refractivity contribution in [1.82, 2.24) is 19.7 Å². The summed E-state index contributed by atoms with van der Waals surface area (Å²) < 4.78 is 0.918. The molecule has 0 saturated carbocycles. The van der Waals surface area contributed by atoms with Crippen LogP contribution in [0.2, 0.25) is 5.02 Å². The van der Waals surface area contributed by atoms with E-state index in [-0.39, 0.29) is 17.2 Å².